The number of halogens is 4. The third-order valence-corrected chi connectivity index (χ3v) is 2.18. The van der Waals surface area contributed by atoms with Crippen molar-refractivity contribution < 1.29 is 27.8 Å². The number of carboxylic acid groups (broad SMARTS) is 1. The highest BCUT2D eigenvalue weighted by Crippen LogP contribution is 2.32. The highest BCUT2D eigenvalue weighted by molar-refractivity contribution is 14.1. The normalized spacial score (nSPS) is 11.2. The molecule has 0 aromatic heterocycles. The van der Waals surface area contributed by atoms with Crippen LogP contribution < -0.4 is 4.74 Å². The van der Waals surface area contributed by atoms with Crippen LogP contribution in [0.1, 0.15) is 5.56 Å². The van der Waals surface area contributed by atoms with Crippen LogP contribution in [0.2, 0.25) is 0 Å². The van der Waals surface area contributed by atoms with E-state index in [2.05, 4.69) is 4.74 Å². The molecule has 0 fully saturated rings. The molecule has 0 atom stereocenters. The standard InChI is InChI=1S/C9H6F3IO3/c10-9(11,12)5-1-6(13)3-7(2-5)16-4-8(14)15/h1-3H,4H2,(H,14,15). The van der Waals surface area contributed by atoms with Gasteiger partial charge in [0, 0.05) is 3.57 Å². The lowest BCUT2D eigenvalue weighted by Gasteiger charge is -2.10. The van der Waals surface area contributed by atoms with E-state index in [1.165, 1.54) is 6.07 Å². The van der Waals surface area contributed by atoms with Crippen LogP contribution in [-0.4, -0.2) is 17.7 Å². The molecule has 0 aliphatic heterocycles. The van der Waals surface area contributed by atoms with Gasteiger partial charge in [-0.3, -0.25) is 0 Å². The number of rotatable bonds is 3. The molecular weight excluding hydrogens is 340 g/mol. The smallest absolute Gasteiger partial charge is 0.416 e. The van der Waals surface area contributed by atoms with Gasteiger partial charge in [0.15, 0.2) is 6.61 Å². The number of aliphatic carboxylic acids is 1. The molecule has 0 aliphatic carbocycles. The zero-order chi connectivity index (χ0) is 12.3. The minimum Gasteiger partial charge on any atom is -0.482 e. The first-order valence-electron chi connectivity index (χ1n) is 4.01. The lowest BCUT2D eigenvalue weighted by molar-refractivity contribution is -0.139. The molecule has 0 unspecified atom stereocenters. The Morgan fingerprint density at radius 1 is 1.38 bits per heavy atom. The van der Waals surface area contributed by atoms with Crippen molar-refractivity contribution in [2.24, 2.45) is 0 Å². The zero-order valence-corrected chi connectivity index (χ0v) is 9.87. The fraction of sp³-hybridized carbons (Fsp3) is 0.222. The molecule has 1 aromatic rings. The predicted octanol–water partition coefficient (Wildman–Crippen LogP) is 2.77. The van der Waals surface area contributed by atoms with E-state index >= 15 is 0 Å². The number of benzene rings is 1. The van der Waals surface area contributed by atoms with E-state index in [0.717, 1.165) is 12.1 Å². The fourth-order valence-electron chi connectivity index (χ4n) is 0.955. The summed E-state index contributed by atoms with van der Waals surface area (Å²) >= 11 is 1.70. The molecule has 0 aliphatic rings. The minimum atomic E-state index is -4.47. The lowest BCUT2D eigenvalue weighted by atomic mass is 10.2. The molecule has 0 amide bonds. The Bertz CT molecular complexity index is 403. The number of carboxylic acids is 1. The molecule has 0 spiro atoms. The van der Waals surface area contributed by atoms with Gasteiger partial charge in [-0.2, -0.15) is 13.2 Å². The molecule has 1 aromatic carbocycles. The summed E-state index contributed by atoms with van der Waals surface area (Å²) in [4.78, 5) is 10.2. The van der Waals surface area contributed by atoms with Crippen molar-refractivity contribution >= 4 is 28.6 Å². The Morgan fingerprint density at radius 2 is 2.00 bits per heavy atom. The number of hydrogen-bond donors (Lipinski definition) is 1. The van der Waals surface area contributed by atoms with Crippen LogP contribution in [0, 0.1) is 3.57 Å². The maximum atomic E-state index is 12.4. The third-order valence-electron chi connectivity index (χ3n) is 1.56. The van der Waals surface area contributed by atoms with Gasteiger partial charge in [-0.05, 0) is 40.8 Å². The summed E-state index contributed by atoms with van der Waals surface area (Å²) in [5.74, 6) is -1.35. The van der Waals surface area contributed by atoms with Gasteiger partial charge in [0.25, 0.3) is 0 Å². The molecule has 0 bridgehead atoms. The first kappa shape index (κ1) is 13.1. The Morgan fingerprint density at radius 3 is 2.50 bits per heavy atom. The molecule has 1 N–H and O–H groups in total. The average Bonchev–Trinajstić information content (AvgIpc) is 2.12. The summed E-state index contributed by atoms with van der Waals surface area (Å²) in [5.41, 5.74) is -0.861. The quantitative estimate of drug-likeness (QED) is 0.857. The van der Waals surface area contributed by atoms with E-state index in [1.807, 2.05) is 0 Å². The van der Waals surface area contributed by atoms with Gasteiger partial charge in [-0.15, -0.1) is 0 Å². The maximum absolute atomic E-state index is 12.4. The van der Waals surface area contributed by atoms with Crippen molar-refractivity contribution in [1.82, 2.24) is 0 Å². The van der Waals surface area contributed by atoms with E-state index in [1.54, 1.807) is 22.6 Å². The highest BCUT2D eigenvalue weighted by Gasteiger charge is 2.31. The van der Waals surface area contributed by atoms with Crippen molar-refractivity contribution in [2.75, 3.05) is 6.61 Å². The Labute approximate surface area is 102 Å². The summed E-state index contributed by atoms with van der Waals surface area (Å²) in [6, 6.07) is 3.05. The van der Waals surface area contributed by atoms with E-state index in [-0.39, 0.29) is 5.75 Å². The second-order valence-corrected chi connectivity index (χ2v) is 4.10. The predicted molar refractivity (Wildman–Crippen MR) is 57.3 cm³/mol. The van der Waals surface area contributed by atoms with Gasteiger partial charge < -0.3 is 9.84 Å². The highest BCUT2D eigenvalue weighted by atomic mass is 127. The lowest BCUT2D eigenvalue weighted by Crippen LogP contribution is -2.11. The Hall–Kier alpha value is -0.990. The van der Waals surface area contributed by atoms with Crippen molar-refractivity contribution in [1.29, 1.82) is 0 Å². The van der Waals surface area contributed by atoms with E-state index in [4.69, 9.17) is 5.11 Å². The van der Waals surface area contributed by atoms with E-state index in [0.29, 0.717) is 3.57 Å². The topological polar surface area (TPSA) is 46.5 Å². The first-order chi connectivity index (χ1) is 7.29. The maximum Gasteiger partial charge on any atom is 0.416 e. The van der Waals surface area contributed by atoms with Crippen LogP contribution in [-0.2, 0) is 11.0 Å². The largest absolute Gasteiger partial charge is 0.482 e. The average molecular weight is 346 g/mol. The monoisotopic (exact) mass is 346 g/mol. The third kappa shape index (κ3) is 3.87. The second-order valence-electron chi connectivity index (χ2n) is 2.86. The summed E-state index contributed by atoms with van der Waals surface area (Å²) in [6.45, 7) is -0.669. The fourth-order valence-corrected chi connectivity index (χ4v) is 1.60. The van der Waals surface area contributed by atoms with E-state index < -0.39 is 24.3 Å². The van der Waals surface area contributed by atoms with Gasteiger partial charge in [0.05, 0.1) is 5.56 Å². The van der Waals surface area contributed by atoms with Crippen molar-refractivity contribution in [3.05, 3.63) is 27.3 Å². The SMILES string of the molecule is O=C(O)COc1cc(I)cc(C(F)(F)F)c1. The van der Waals surface area contributed by atoms with Crippen LogP contribution in [0.15, 0.2) is 18.2 Å². The molecule has 0 saturated heterocycles. The van der Waals surface area contributed by atoms with Gasteiger partial charge in [0.2, 0.25) is 0 Å². The summed E-state index contributed by atoms with van der Waals surface area (Å²) in [7, 11) is 0. The molecule has 16 heavy (non-hydrogen) atoms. The molecule has 7 heteroatoms. The molecule has 88 valence electrons. The van der Waals surface area contributed by atoms with Crippen molar-refractivity contribution in [3.63, 3.8) is 0 Å². The summed E-state index contributed by atoms with van der Waals surface area (Å²) < 4.78 is 42.1. The number of hydrogen-bond acceptors (Lipinski definition) is 2. The van der Waals surface area contributed by atoms with Crippen LogP contribution >= 0.6 is 22.6 Å². The number of alkyl halides is 3. The van der Waals surface area contributed by atoms with Gasteiger partial charge >= 0.3 is 12.1 Å². The Balaban J connectivity index is 2.94. The molecule has 0 radical (unpaired) electrons. The first-order valence-corrected chi connectivity index (χ1v) is 5.09. The molecular formula is C9H6F3IO3. The molecule has 0 saturated carbocycles. The van der Waals surface area contributed by atoms with Crippen LogP contribution in [0.5, 0.6) is 5.75 Å². The van der Waals surface area contributed by atoms with E-state index in [9.17, 15) is 18.0 Å². The van der Waals surface area contributed by atoms with Crippen molar-refractivity contribution in [2.45, 2.75) is 6.18 Å². The van der Waals surface area contributed by atoms with Crippen molar-refractivity contribution in [3.8, 4) is 5.75 Å². The Kier molecular flexibility index (Phi) is 4.00. The van der Waals surface area contributed by atoms with Gasteiger partial charge in [-0.25, -0.2) is 4.79 Å². The van der Waals surface area contributed by atoms with Gasteiger partial charge in [0.1, 0.15) is 5.75 Å². The number of ether oxygens (including phenoxy) is 1. The van der Waals surface area contributed by atoms with Crippen LogP contribution in [0.4, 0.5) is 13.2 Å². The minimum absolute atomic E-state index is 0.110. The van der Waals surface area contributed by atoms with Crippen LogP contribution in [0.25, 0.3) is 0 Å². The summed E-state index contributed by atoms with van der Waals surface area (Å²) in [5, 5.41) is 8.32. The second kappa shape index (κ2) is 4.89. The molecule has 1 rings (SSSR count). The van der Waals surface area contributed by atoms with Crippen LogP contribution in [0.3, 0.4) is 0 Å². The number of carbonyl (C=O) groups is 1. The molecule has 3 nitrogen and oxygen atoms in total. The molecule has 0 heterocycles. The summed E-state index contributed by atoms with van der Waals surface area (Å²) in [6.07, 6.45) is -4.47. The zero-order valence-electron chi connectivity index (χ0n) is 7.71. The van der Waals surface area contributed by atoms with Gasteiger partial charge in [-0.1, -0.05) is 0 Å².